The third-order valence-corrected chi connectivity index (χ3v) is 4.38. The highest BCUT2D eigenvalue weighted by atomic mass is 32.2. The summed E-state index contributed by atoms with van der Waals surface area (Å²) < 4.78 is 29.5. The number of ether oxygens (including phenoxy) is 1. The largest absolute Gasteiger partial charge is 0.497 e. The molecule has 0 fully saturated rings. The van der Waals surface area contributed by atoms with Crippen LogP contribution >= 0.6 is 0 Å². The highest BCUT2D eigenvalue weighted by Crippen LogP contribution is 2.17. The fourth-order valence-electron chi connectivity index (χ4n) is 1.32. The average molecular weight is 258 g/mol. The van der Waals surface area contributed by atoms with Crippen molar-refractivity contribution in [1.29, 1.82) is 0 Å². The van der Waals surface area contributed by atoms with Gasteiger partial charge in [0.2, 0.25) is 10.0 Å². The molecule has 0 saturated carbocycles. The fraction of sp³-hybridized carbons (Fsp3) is 0.455. The Morgan fingerprint density at radius 1 is 1.29 bits per heavy atom. The molecule has 1 unspecified atom stereocenters. The van der Waals surface area contributed by atoms with E-state index < -0.39 is 16.1 Å². The lowest BCUT2D eigenvalue weighted by Gasteiger charge is -2.16. The minimum Gasteiger partial charge on any atom is -0.497 e. The molecule has 0 spiro atoms. The lowest BCUT2D eigenvalue weighted by atomic mass is 10.1. The molecule has 2 N–H and O–H groups in total. The second kappa shape index (κ2) is 5.48. The molecule has 1 aromatic rings. The van der Waals surface area contributed by atoms with Crippen LogP contribution in [0.15, 0.2) is 24.3 Å². The van der Waals surface area contributed by atoms with Gasteiger partial charge >= 0.3 is 0 Å². The molecule has 0 radical (unpaired) electrons. The van der Waals surface area contributed by atoms with Crippen LogP contribution in [0.5, 0.6) is 5.75 Å². The molecule has 96 valence electrons. The predicted octanol–water partition coefficient (Wildman–Crippen LogP) is 0.586. The third kappa shape index (κ3) is 3.69. The molecule has 1 aromatic carbocycles. The highest BCUT2D eigenvalue weighted by Gasteiger charge is 2.19. The number of hydrogen-bond acceptors (Lipinski definition) is 4. The molecule has 1 rings (SSSR count). The summed E-state index contributed by atoms with van der Waals surface area (Å²) >= 11 is 0. The summed E-state index contributed by atoms with van der Waals surface area (Å²) in [4.78, 5) is 0. The maximum absolute atomic E-state index is 11.7. The number of nitrogens with two attached hydrogens (primary N) is 1. The summed E-state index contributed by atoms with van der Waals surface area (Å²) in [7, 11) is 1.28. The smallest absolute Gasteiger partial charge is 0.215 e. The van der Waals surface area contributed by atoms with Gasteiger partial charge in [0.1, 0.15) is 5.75 Å². The zero-order chi connectivity index (χ0) is 13.1. The molecule has 5 nitrogen and oxygen atoms in total. The van der Waals surface area contributed by atoms with E-state index in [1.54, 1.807) is 31.4 Å². The summed E-state index contributed by atoms with van der Waals surface area (Å²) in [5, 5.41) is 0. The molecule has 0 aliphatic heterocycles. The first-order valence-electron chi connectivity index (χ1n) is 5.16. The lowest BCUT2D eigenvalue weighted by molar-refractivity contribution is 0.414. The van der Waals surface area contributed by atoms with E-state index in [-0.39, 0.29) is 5.75 Å². The van der Waals surface area contributed by atoms with Crippen molar-refractivity contribution < 1.29 is 13.2 Å². The van der Waals surface area contributed by atoms with Gasteiger partial charge in [0.15, 0.2) is 0 Å². The molecular formula is C11H18N2O3S. The number of methoxy groups -OCH3 is 1. The van der Waals surface area contributed by atoms with Crippen LogP contribution in [0.1, 0.15) is 11.6 Å². The Hall–Kier alpha value is -1.11. The Bertz CT molecular complexity index is 454. The van der Waals surface area contributed by atoms with Crippen molar-refractivity contribution in [2.45, 2.75) is 6.04 Å². The second-order valence-electron chi connectivity index (χ2n) is 3.94. The number of hydrogen-bond donors (Lipinski definition) is 1. The van der Waals surface area contributed by atoms with Gasteiger partial charge in [0.25, 0.3) is 0 Å². The second-order valence-corrected chi connectivity index (χ2v) is 6.17. The lowest BCUT2D eigenvalue weighted by Crippen LogP contribution is -2.31. The minimum absolute atomic E-state index is 0.105. The summed E-state index contributed by atoms with van der Waals surface area (Å²) in [5.41, 5.74) is 6.64. The van der Waals surface area contributed by atoms with E-state index in [4.69, 9.17) is 10.5 Å². The number of benzene rings is 1. The molecule has 17 heavy (non-hydrogen) atoms. The van der Waals surface area contributed by atoms with Gasteiger partial charge in [0, 0.05) is 20.1 Å². The van der Waals surface area contributed by atoms with E-state index in [2.05, 4.69) is 0 Å². The van der Waals surface area contributed by atoms with Crippen molar-refractivity contribution in [3.05, 3.63) is 29.8 Å². The summed E-state index contributed by atoms with van der Waals surface area (Å²) in [6, 6.07) is 6.53. The van der Waals surface area contributed by atoms with E-state index in [9.17, 15) is 8.42 Å². The van der Waals surface area contributed by atoms with Gasteiger partial charge in [-0.05, 0) is 17.7 Å². The fourth-order valence-corrected chi connectivity index (χ4v) is 2.27. The molecule has 0 aromatic heterocycles. The number of rotatable bonds is 5. The van der Waals surface area contributed by atoms with Crippen molar-refractivity contribution in [1.82, 2.24) is 4.31 Å². The van der Waals surface area contributed by atoms with Gasteiger partial charge < -0.3 is 10.5 Å². The van der Waals surface area contributed by atoms with Gasteiger partial charge in [-0.1, -0.05) is 12.1 Å². The first-order chi connectivity index (χ1) is 7.86. The van der Waals surface area contributed by atoms with Gasteiger partial charge in [-0.3, -0.25) is 0 Å². The summed E-state index contributed by atoms with van der Waals surface area (Å²) in [6.45, 7) is 0. The number of nitrogens with zero attached hydrogens (tertiary/aromatic N) is 1. The molecule has 1 atom stereocenters. The monoisotopic (exact) mass is 258 g/mol. The Balaban J connectivity index is 2.80. The summed E-state index contributed by atoms with van der Waals surface area (Å²) in [5.74, 6) is 0.614. The average Bonchev–Trinajstić information content (AvgIpc) is 2.28. The molecule has 0 bridgehead atoms. The van der Waals surface area contributed by atoms with E-state index >= 15 is 0 Å². The van der Waals surface area contributed by atoms with E-state index in [0.29, 0.717) is 0 Å². The molecule has 0 aliphatic rings. The van der Waals surface area contributed by atoms with Crippen LogP contribution in [0.25, 0.3) is 0 Å². The van der Waals surface area contributed by atoms with Crippen LogP contribution < -0.4 is 10.5 Å². The van der Waals surface area contributed by atoms with Gasteiger partial charge in [0.05, 0.1) is 12.9 Å². The van der Waals surface area contributed by atoms with Crippen molar-refractivity contribution in [2.75, 3.05) is 27.0 Å². The molecule has 0 amide bonds. The van der Waals surface area contributed by atoms with Crippen molar-refractivity contribution in [3.63, 3.8) is 0 Å². The predicted molar refractivity (Wildman–Crippen MR) is 67.4 cm³/mol. The highest BCUT2D eigenvalue weighted by molar-refractivity contribution is 7.89. The van der Waals surface area contributed by atoms with Crippen LogP contribution in [-0.4, -0.2) is 39.7 Å². The quantitative estimate of drug-likeness (QED) is 0.839. The van der Waals surface area contributed by atoms with Crippen molar-refractivity contribution >= 4 is 10.0 Å². The zero-order valence-electron chi connectivity index (χ0n) is 10.3. The Kier molecular flexibility index (Phi) is 4.50. The molecule has 0 aliphatic carbocycles. The molecule has 6 heteroatoms. The Morgan fingerprint density at radius 2 is 1.82 bits per heavy atom. The minimum atomic E-state index is -3.28. The van der Waals surface area contributed by atoms with Gasteiger partial charge in [-0.25, -0.2) is 12.7 Å². The Morgan fingerprint density at radius 3 is 2.24 bits per heavy atom. The van der Waals surface area contributed by atoms with Crippen LogP contribution in [0.3, 0.4) is 0 Å². The Labute approximate surface area is 102 Å². The first-order valence-corrected chi connectivity index (χ1v) is 6.77. The summed E-state index contributed by atoms with van der Waals surface area (Å²) in [6.07, 6.45) is 0. The maximum atomic E-state index is 11.7. The maximum Gasteiger partial charge on any atom is 0.215 e. The first kappa shape index (κ1) is 14.0. The van der Waals surface area contributed by atoms with Crippen LogP contribution in [0, 0.1) is 0 Å². The third-order valence-electron chi connectivity index (χ3n) is 2.49. The van der Waals surface area contributed by atoms with Crippen LogP contribution in [-0.2, 0) is 10.0 Å². The van der Waals surface area contributed by atoms with E-state index in [1.807, 2.05) is 0 Å². The normalized spacial score (nSPS) is 13.7. The van der Waals surface area contributed by atoms with Crippen molar-refractivity contribution in [3.8, 4) is 5.75 Å². The van der Waals surface area contributed by atoms with Gasteiger partial charge in [-0.15, -0.1) is 0 Å². The van der Waals surface area contributed by atoms with E-state index in [0.717, 1.165) is 11.3 Å². The number of sulfonamides is 1. The standard InChI is InChI=1S/C11H18N2O3S/c1-13(2)17(14,15)8-11(12)9-4-6-10(16-3)7-5-9/h4-7,11H,8,12H2,1-3H3. The topological polar surface area (TPSA) is 72.6 Å². The molecule has 0 saturated heterocycles. The van der Waals surface area contributed by atoms with E-state index in [1.165, 1.54) is 18.4 Å². The zero-order valence-corrected chi connectivity index (χ0v) is 11.1. The SMILES string of the molecule is COc1ccc(C(N)CS(=O)(=O)N(C)C)cc1. The van der Waals surface area contributed by atoms with Crippen molar-refractivity contribution in [2.24, 2.45) is 5.73 Å². The van der Waals surface area contributed by atoms with Gasteiger partial charge in [-0.2, -0.15) is 0 Å². The molecular weight excluding hydrogens is 240 g/mol. The molecule has 0 heterocycles. The van der Waals surface area contributed by atoms with Crippen LogP contribution in [0.2, 0.25) is 0 Å². The van der Waals surface area contributed by atoms with Crippen LogP contribution in [0.4, 0.5) is 0 Å².